The van der Waals surface area contributed by atoms with E-state index < -0.39 is 0 Å². The van der Waals surface area contributed by atoms with Gasteiger partial charge in [0.2, 0.25) is 5.89 Å². The van der Waals surface area contributed by atoms with Crippen LogP contribution in [0.25, 0.3) is 11.5 Å². The maximum absolute atomic E-state index is 5.71. The minimum Gasteiger partial charge on any atom is -0.441 e. The molecule has 2 N–H and O–H groups in total. The molecule has 1 aromatic carbocycles. The molecule has 16 heavy (non-hydrogen) atoms. The fourth-order valence-corrected chi connectivity index (χ4v) is 1.57. The number of hydrogen-bond acceptors (Lipinski definition) is 3. The van der Waals surface area contributed by atoms with E-state index >= 15 is 0 Å². The molecule has 0 saturated heterocycles. The lowest BCUT2D eigenvalue weighted by Crippen LogP contribution is -2.07. The largest absolute Gasteiger partial charge is 0.441 e. The number of rotatable bonds is 3. The van der Waals surface area contributed by atoms with E-state index in [0.29, 0.717) is 12.4 Å². The minimum absolute atomic E-state index is 0.213. The Hall–Kier alpha value is -1.61. The van der Waals surface area contributed by atoms with Gasteiger partial charge in [-0.1, -0.05) is 25.1 Å². The summed E-state index contributed by atoms with van der Waals surface area (Å²) in [6.45, 7) is 4.65. The summed E-state index contributed by atoms with van der Waals surface area (Å²) in [5, 5.41) is 0. The van der Waals surface area contributed by atoms with Crippen molar-refractivity contribution >= 4 is 0 Å². The molecule has 0 amide bonds. The number of hydrogen-bond donors (Lipinski definition) is 1. The number of aromatic nitrogens is 1. The first-order valence-corrected chi connectivity index (χ1v) is 5.44. The van der Waals surface area contributed by atoms with Crippen molar-refractivity contribution in [1.29, 1.82) is 0 Å². The summed E-state index contributed by atoms with van der Waals surface area (Å²) in [5.41, 5.74) is 7.80. The number of oxazole rings is 1. The van der Waals surface area contributed by atoms with Crippen LogP contribution in [0.5, 0.6) is 0 Å². The second-order valence-electron chi connectivity index (χ2n) is 4.02. The lowest BCUT2D eigenvalue weighted by molar-refractivity contribution is 0.485. The topological polar surface area (TPSA) is 52.0 Å². The lowest BCUT2D eigenvalue weighted by atomic mass is 10.1. The van der Waals surface area contributed by atoms with Gasteiger partial charge in [-0.15, -0.1) is 0 Å². The second kappa shape index (κ2) is 4.49. The van der Waals surface area contributed by atoms with Crippen molar-refractivity contribution in [1.82, 2.24) is 4.98 Å². The molecule has 0 aliphatic heterocycles. The van der Waals surface area contributed by atoms with Gasteiger partial charge >= 0.3 is 0 Å². The SMILES string of the molecule is Cc1ccccc1-c1ncc(C(C)CN)o1. The molecule has 0 spiro atoms. The Morgan fingerprint density at radius 3 is 2.81 bits per heavy atom. The van der Waals surface area contributed by atoms with Crippen molar-refractivity contribution in [2.24, 2.45) is 5.73 Å². The molecular weight excluding hydrogens is 200 g/mol. The van der Waals surface area contributed by atoms with E-state index in [1.165, 1.54) is 0 Å². The zero-order chi connectivity index (χ0) is 11.5. The Labute approximate surface area is 95.3 Å². The van der Waals surface area contributed by atoms with E-state index in [2.05, 4.69) is 4.98 Å². The summed E-state index contributed by atoms with van der Waals surface area (Å²) >= 11 is 0. The van der Waals surface area contributed by atoms with Crippen LogP contribution in [0, 0.1) is 6.92 Å². The fourth-order valence-electron chi connectivity index (χ4n) is 1.57. The Morgan fingerprint density at radius 2 is 2.12 bits per heavy atom. The molecule has 0 bridgehead atoms. The van der Waals surface area contributed by atoms with Gasteiger partial charge < -0.3 is 10.2 Å². The van der Waals surface area contributed by atoms with E-state index in [4.69, 9.17) is 10.2 Å². The molecule has 3 heteroatoms. The monoisotopic (exact) mass is 216 g/mol. The molecule has 0 saturated carbocycles. The lowest BCUT2D eigenvalue weighted by Gasteiger charge is -2.03. The third-order valence-electron chi connectivity index (χ3n) is 2.74. The predicted octanol–water partition coefficient (Wildman–Crippen LogP) is 2.71. The van der Waals surface area contributed by atoms with E-state index in [-0.39, 0.29) is 5.92 Å². The van der Waals surface area contributed by atoms with Gasteiger partial charge in [0.15, 0.2) is 0 Å². The Morgan fingerprint density at radius 1 is 1.38 bits per heavy atom. The normalized spacial score (nSPS) is 12.7. The molecular formula is C13H16N2O. The van der Waals surface area contributed by atoms with E-state index in [1.54, 1.807) is 6.20 Å². The van der Waals surface area contributed by atoms with Gasteiger partial charge in [-0.25, -0.2) is 4.98 Å². The summed E-state index contributed by atoms with van der Waals surface area (Å²) < 4.78 is 5.71. The quantitative estimate of drug-likeness (QED) is 0.858. The van der Waals surface area contributed by atoms with Gasteiger partial charge in [0.25, 0.3) is 0 Å². The van der Waals surface area contributed by atoms with Crippen LogP contribution in [0.3, 0.4) is 0 Å². The number of aryl methyl sites for hydroxylation is 1. The van der Waals surface area contributed by atoms with Crippen LogP contribution in [-0.4, -0.2) is 11.5 Å². The van der Waals surface area contributed by atoms with Gasteiger partial charge in [-0.2, -0.15) is 0 Å². The third kappa shape index (κ3) is 1.99. The van der Waals surface area contributed by atoms with Crippen molar-refractivity contribution in [3.05, 3.63) is 41.8 Å². The zero-order valence-electron chi connectivity index (χ0n) is 9.60. The molecule has 1 heterocycles. The van der Waals surface area contributed by atoms with Crippen LogP contribution in [0.1, 0.15) is 24.2 Å². The highest BCUT2D eigenvalue weighted by molar-refractivity contribution is 5.58. The number of nitrogens with zero attached hydrogens (tertiary/aromatic N) is 1. The second-order valence-corrected chi connectivity index (χ2v) is 4.02. The molecule has 0 aliphatic rings. The Bertz CT molecular complexity index is 476. The van der Waals surface area contributed by atoms with Gasteiger partial charge in [0, 0.05) is 18.0 Å². The van der Waals surface area contributed by atoms with Gasteiger partial charge in [-0.05, 0) is 18.6 Å². The highest BCUT2D eigenvalue weighted by Gasteiger charge is 2.12. The first-order chi connectivity index (χ1) is 7.72. The Kier molecular flexibility index (Phi) is 3.06. The first-order valence-electron chi connectivity index (χ1n) is 5.44. The maximum Gasteiger partial charge on any atom is 0.226 e. The van der Waals surface area contributed by atoms with Crippen molar-refractivity contribution in [2.45, 2.75) is 19.8 Å². The van der Waals surface area contributed by atoms with Crippen LogP contribution in [0.15, 0.2) is 34.9 Å². The van der Waals surface area contributed by atoms with Crippen LogP contribution >= 0.6 is 0 Å². The molecule has 2 aromatic rings. The molecule has 0 radical (unpaired) electrons. The van der Waals surface area contributed by atoms with Crippen molar-refractivity contribution < 1.29 is 4.42 Å². The van der Waals surface area contributed by atoms with Crippen molar-refractivity contribution in [2.75, 3.05) is 6.54 Å². The fraction of sp³-hybridized carbons (Fsp3) is 0.308. The molecule has 3 nitrogen and oxygen atoms in total. The molecule has 0 fully saturated rings. The van der Waals surface area contributed by atoms with E-state index in [9.17, 15) is 0 Å². The molecule has 2 rings (SSSR count). The summed E-state index contributed by atoms with van der Waals surface area (Å²) in [4.78, 5) is 4.29. The summed E-state index contributed by atoms with van der Waals surface area (Å²) in [5.74, 6) is 1.74. The third-order valence-corrected chi connectivity index (χ3v) is 2.74. The van der Waals surface area contributed by atoms with Gasteiger partial charge in [0.05, 0.1) is 6.20 Å². The average molecular weight is 216 g/mol. The van der Waals surface area contributed by atoms with Crippen LogP contribution < -0.4 is 5.73 Å². The standard InChI is InChI=1S/C13H16N2O/c1-9-5-3-4-6-11(9)13-15-8-12(16-13)10(2)7-14/h3-6,8,10H,7,14H2,1-2H3. The molecule has 1 atom stereocenters. The maximum atomic E-state index is 5.71. The highest BCUT2D eigenvalue weighted by atomic mass is 16.4. The molecule has 0 aliphatic carbocycles. The number of benzene rings is 1. The summed E-state index contributed by atoms with van der Waals surface area (Å²) in [6.07, 6.45) is 1.76. The minimum atomic E-state index is 0.213. The summed E-state index contributed by atoms with van der Waals surface area (Å²) in [6, 6.07) is 8.05. The Balaban J connectivity index is 2.35. The zero-order valence-corrected chi connectivity index (χ0v) is 9.60. The number of nitrogens with two attached hydrogens (primary N) is 1. The van der Waals surface area contributed by atoms with Crippen LogP contribution in [0.4, 0.5) is 0 Å². The van der Waals surface area contributed by atoms with Crippen LogP contribution in [0.2, 0.25) is 0 Å². The smallest absolute Gasteiger partial charge is 0.226 e. The first kappa shape index (κ1) is 10.9. The molecule has 84 valence electrons. The predicted molar refractivity (Wildman–Crippen MR) is 64.1 cm³/mol. The van der Waals surface area contributed by atoms with Crippen molar-refractivity contribution in [3.63, 3.8) is 0 Å². The average Bonchev–Trinajstić information content (AvgIpc) is 2.78. The molecule has 1 unspecified atom stereocenters. The molecule has 1 aromatic heterocycles. The van der Waals surface area contributed by atoms with E-state index in [0.717, 1.165) is 16.9 Å². The van der Waals surface area contributed by atoms with Crippen LogP contribution in [-0.2, 0) is 0 Å². The van der Waals surface area contributed by atoms with Gasteiger partial charge in [-0.3, -0.25) is 0 Å². The van der Waals surface area contributed by atoms with E-state index in [1.807, 2.05) is 38.1 Å². The van der Waals surface area contributed by atoms with Crippen molar-refractivity contribution in [3.8, 4) is 11.5 Å². The van der Waals surface area contributed by atoms with Gasteiger partial charge in [0.1, 0.15) is 5.76 Å². The highest BCUT2D eigenvalue weighted by Crippen LogP contribution is 2.25. The summed E-state index contributed by atoms with van der Waals surface area (Å²) in [7, 11) is 0.